The van der Waals surface area contributed by atoms with E-state index in [1.165, 1.54) is 0 Å². The molecular formula is C24H20N2O5. The molecule has 4 rings (SSSR count). The van der Waals surface area contributed by atoms with Crippen LogP contribution in [-0.2, 0) is 22.6 Å². The number of pyridine rings is 1. The summed E-state index contributed by atoms with van der Waals surface area (Å²) in [6.07, 6.45) is 2.43. The van der Waals surface area contributed by atoms with E-state index in [4.69, 9.17) is 9.15 Å². The zero-order valence-electron chi connectivity index (χ0n) is 16.5. The van der Waals surface area contributed by atoms with Crippen LogP contribution in [0.2, 0.25) is 0 Å². The maximum absolute atomic E-state index is 12.1. The Kier molecular flexibility index (Phi) is 5.93. The number of carboxylic acid groups (broad SMARTS) is 1. The number of carbonyl (C=O) groups excluding carboxylic acids is 1. The van der Waals surface area contributed by atoms with Gasteiger partial charge in [-0.05, 0) is 47.0 Å². The first-order valence-electron chi connectivity index (χ1n) is 9.71. The predicted molar refractivity (Wildman–Crippen MR) is 114 cm³/mol. The molecule has 1 amide bonds. The van der Waals surface area contributed by atoms with Crippen molar-refractivity contribution in [3.63, 3.8) is 0 Å². The lowest BCUT2D eigenvalue weighted by atomic mass is 10.0. The molecular weight excluding hydrogens is 396 g/mol. The molecule has 7 heteroatoms. The Morgan fingerprint density at radius 2 is 1.77 bits per heavy atom. The number of carboxylic acids is 1. The molecule has 0 saturated carbocycles. The summed E-state index contributed by atoms with van der Waals surface area (Å²) in [6, 6.07) is 19.9. The van der Waals surface area contributed by atoms with Gasteiger partial charge in [0.2, 0.25) is 0 Å². The number of rotatable bonds is 7. The maximum atomic E-state index is 12.1. The van der Waals surface area contributed by atoms with E-state index in [1.54, 1.807) is 30.6 Å². The molecule has 0 fully saturated rings. The Morgan fingerprint density at radius 1 is 1.00 bits per heavy atom. The number of aromatic nitrogens is 1. The number of aliphatic carboxylic acids is 1. The second-order valence-corrected chi connectivity index (χ2v) is 7.00. The minimum Gasteiger partial charge on any atom is -0.480 e. The Balaban J connectivity index is 1.38. The van der Waals surface area contributed by atoms with Crippen molar-refractivity contribution < 1.29 is 23.8 Å². The van der Waals surface area contributed by atoms with Gasteiger partial charge in [0.15, 0.2) is 6.61 Å². The Morgan fingerprint density at radius 3 is 2.52 bits per heavy atom. The molecule has 2 heterocycles. The van der Waals surface area contributed by atoms with Crippen LogP contribution >= 0.6 is 0 Å². The Bertz CT molecular complexity index is 1190. The van der Waals surface area contributed by atoms with E-state index in [9.17, 15) is 14.7 Å². The van der Waals surface area contributed by atoms with Crippen molar-refractivity contribution in [1.82, 2.24) is 10.3 Å². The highest BCUT2D eigenvalue weighted by Crippen LogP contribution is 2.27. The van der Waals surface area contributed by atoms with E-state index in [1.807, 2.05) is 48.5 Å². The smallest absolute Gasteiger partial charge is 0.408 e. The first-order valence-corrected chi connectivity index (χ1v) is 9.71. The first-order chi connectivity index (χ1) is 15.1. The largest absolute Gasteiger partial charge is 0.480 e. The normalized spacial score (nSPS) is 11.7. The number of fused-ring (bicyclic) bond motifs is 1. The zero-order chi connectivity index (χ0) is 21.6. The number of benzene rings is 2. The summed E-state index contributed by atoms with van der Waals surface area (Å²) in [5, 5.41) is 12.6. The third-order valence-electron chi connectivity index (χ3n) is 4.80. The quantitative estimate of drug-likeness (QED) is 0.463. The molecule has 1 unspecified atom stereocenters. The van der Waals surface area contributed by atoms with Gasteiger partial charge in [-0.2, -0.15) is 0 Å². The number of nitrogens with zero attached hydrogens (tertiary/aromatic N) is 1. The van der Waals surface area contributed by atoms with E-state index in [0.29, 0.717) is 11.3 Å². The van der Waals surface area contributed by atoms with Crippen molar-refractivity contribution in [2.24, 2.45) is 0 Å². The maximum Gasteiger partial charge on any atom is 0.408 e. The standard InChI is InChI=1S/C24H20N2O5/c27-23(28)21(12-16-8-10-25-11-9-16)26-24(29)30-15-20-14-19-13-18(6-7-22(19)31-20)17-4-2-1-3-5-17/h1-11,13-14,21H,12,15H2,(H,26,29)(H,27,28). The van der Waals surface area contributed by atoms with E-state index in [2.05, 4.69) is 10.3 Å². The summed E-state index contributed by atoms with van der Waals surface area (Å²) in [5.41, 5.74) is 3.57. The van der Waals surface area contributed by atoms with Crippen LogP contribution in [0, 0.1) is 0 Å². The number of ether oxygens (including phenoxy) is 1. The fourth-order valence-electron chi connectivity index (χ4n) is 3.25. The van der Waals surface area contributed by atoms with Gasteiger partial charge in [0.25, 0.3) is 0 Å². The lowest BCUT2D eigenvalue weighted by Gasteiger charge is -2.14. The summed E-state index contributed by atoms with van der Waals surface area (Å²) in [5.74, 6) is -0.678. The van der Waals surface area contributed by atoms with E-state index < -0.39 is 18.1 Å². The van der Waals surface area contributed by atoms with E-state index in [-0.39, 0.29) is 13.0 Å². The van der Waals surface area contributed by atoms with Gasteiger partial charge in [0.1, 0.15) is 17.4 Å². The number of nitrogens with one attached hydrogen (secondary N) is 1. The molecule has 0 radical (unpaired) electrons. The fourth-order valence-corrected chi connectivity index (χ4v) is 3.25. The van der Waals surface area contributed by atoms with Crippen LogP contribution < -0.4 is 5.32 Å². The van der Waals surface area contributed by atoms with Crippen LogP contribution in [0.3, 0.4) is 0 Å². The second-order valence-electron chi connectivity index (χ2n) is 7.00. The minimum absolute atomic E-state index is 0.108. The van der Waals surface area contributed by atoms with Gasteiger partial charge < -0.3 is 19.6 Å². The average Bonchev–Trinajstić information content (AvgIpc) is 3.21. The molecule has 4 aromatic rings. The van der Waals surface area contributed by atoms with Crippen molar-refractivity contribution in [2.75, 3.05) is 0 Å². The van der Waals surface area contributed by atoms with Crippen molar-refractivity contribution in [3.8, 4) is 11.1 Å². The fraction of sp³-hybridized carbons (Fsp3) is 0.125. The minimum atomic E-state index is -1.15. The van der Waals surface area contributed by atoms with Gasteiger partial charge in [-0.15, -0.1) is 0 Å². The molecule has 0 aliphatic rings. The SMILES string of the molecule is O=C(NC(Cc1ccncc1)C(=O)O)OCc1cc2cc(-c3ccccc3)ccc2o1. The summed E-state index contributed by atoms with van der Waals surface area (Å²) in [7, 11) is 0. The van der Waals surface area contributed by atoms with Gasteiger partial charge >= 0.3 is 12.1 Å². The molecule has 2 N–H and O–H groups in total. The number of hydrogen-bond donors (Lipinski definition) is 2. The molecule has 0 bridgehead atoms. The number of alkyl carbamates (subject to hydrolysis) is 1. The van der Waals surface area contributed by atoms with Crippen molar-refractivity contribution in [3.05, 3.63) is 90.4 Å². The molecule has 1 atom stereocenters. The third kappa shape index (κ3) is 5.08. The number of carbonyl (C=O) groups is 2. The van der Waals surface area contributed by atoms with Crippen LogP contribution in [0.4, 0.5) is 4.79 Å². The lowest BCUT2D eigenvalue weighted by molar-refractivity contribution is -0.139. The highest BCUT2D eigenvalue weighted by Gasteiger charge is 2.21. The van der Waals surface area contributed by atoms with E-state index >= 15 is 0 Å². The summed E-state index contributed by atoms with van der Waals surface area (Å²) < 4.78 is 10.9. The molecule has 2 aromatic carbocycles. The van der Waals surface area contributed by atoms with Gasteiger partial charge in [0, 0.05) is 24.2 Å². The predicted octanol–water partition coefficient (Wildman–Crippen LogP) is 4.42. The second kappa shape index (κ2) is 9.13. The van der Waals surface area contributed by atoms with Crippen LogP contribution in [0.15, 0.2) is 83.5 Å². The van der Waals surface area contributed by atoms with Crippen LogP contribution in [-0.4, -0.2) is 28.2 Å². The molecule has 31 heavy (non-hydrogen) atoms. The Labute approximate surface area is 178 Å². The molecule has 0 spiro atoms. The van der Waals surface area contributed by atoms with Crippen LogP contribution in [0.25, 0.3) is 22.1 Å². The number of furan rings is 1. The summed E-state index contributed by atoms with van der Waals surface area (Å²) >= 11 is 0. The highest BCUT2D eigenvalue weighted by atomic mass is 16.6. The molecule has 0 aliphatic carbocycles. The molecule has 0 saturated heterocycles. The van der Waals surface area contributed by atoms with Gasteiger partial charge in [-0.25, -0.2) is 9.59 Å². The highest BCUT2D eigenvalue weighted by molar-refractivity contribution is 5.84. The van der Waals surface area contributed by atoms with Gasteiger partial charge in [-0.1, -0.05) is 36.4 Å². The third-order valence-corrected chi connectivity index (χ3v) is 4.80. The monoisotopic (exact) mass is 416 g/mol. The zero-order valence-corrected chi connectivity index (χ0v) is 16.5. The summed E-state index contributed by atoms with van der Waals surface area (Å²) in [4.78, 5) is 27.5. The number of amides is 1. The van der Waals surface area contributed by atoms with Crippen LogP contribution in [0.5, 0.6) is 0 Å². The molecule has 7 nitrogen and oxygen atoms in total. The summed E-state index contributed by atoms with van der Waals surface area (Å²) in [6.45, 7) is -0.108. The lowest BCUT2D eigenvalue weighted by Crippen LogP contribution is -2.42. The van der Waals surface area contributed by atoms with Crippen LogP contribution in [0.1, 0.15) is 11.3 Å². The van der Waals surface area contributed by atoms with Crippen molar-refractivity contribution in [2.45, 2.75) is 19.1 Å². The molecule has 0 aliphatic heterocycles. The average molecular weight is 416 g/mol. The molecule has 2 aromatic heterocycles. The first kappa shape index (κ1) is 20.2. The van der Waals surface area contributed by atoms with Crippen molar-refractivity contribution >= 4 is 23.0 Å². The Hall–Kier alpha value is -4.13. The van der Waals surface area contributed by atoms with Crippen molar-refractivity contribution in [1.29, 1.82) is 0 Å². The van der Waals surface area contributed by atoms with Gasteiger partial charge in [0.05, 0.1) is 0 Å². The molecule has 156 valence electrons. The van der Waals surface area contributed by atoms with Gasteiger partial charge in [-0.3, -0.25) is 4.98 Å². The number of hydrogen-bond acceptors (Lipinski definition) is 5. The topological polar surface area (TPSA) is 102 Å². The van der Waals surface area contributed by atoms with E-state index in [0.717, 1.165) is 22.1 Å².